The van der Waals surface area contributed by atoms with E-state index in [9.17, 15) is 4.79 Å². The summed E-state index contributed by atoms with van der Waals surface area (Å²) in [6.45, 7) is 0. The number of aromatic amines is 1. The highest BCUT2D eigenvalue weighted by Gasteiger charge is 2.16. The molecule has 0 aliphatic carbocycles. The van der Waals surface area contributed by atoms with Gasteiger partial charge < -0.3 is 18.9 Å². The molecule has 9 heteroatoms. The van der Waals surface area contributed by atoms with E-state index in [1.807, 2.05) is 24.3 Å². The van der Waals surface area contributed by atoms with Gasteiger partial charge in [0.2, 0.25) is 17.6 Å². The fraction of sp³-hybridized carbons (Fsp3) is 0.250. The van der Waals surface area contributed by atoms with Crippen LogP contribution in [0.1, 0.15) is 5.56 Å². The van der Waals surface area contributed by atoms with E-state index in [-0.39, 0.29) is 18.3 Å². The van der Waals surface area contributed by atoms with Crippen LogP contribution in [0.2, 0.25) is 0 Å². The largest absolute Gasteiger partial charge is 0.497 e. The van der Waals surface area contributed by atoms with E-state index in [0.29, 0.717) is 28.6 Å². The van der Waals surface area contributed by atoms with Crippen LogP contribution >= 0.6 is 0 Å². The van der Waals surface area contributed by atoms with Gasteiger partial charge in [-0.05, 0) is 42.0 Å². The molecule has 2 aromatic carbocycles. The lowest BCUT2D eigenvalue weighted by atomic mass is 10.1. The molecule has 29 heavy (non-hydrogen) atoms. The number of benzene rings is 2. The van der Waals surface area contributed by atoms with Crippen molar-refractivity contribution in [3.05, 3.63) is 42.0 Å². The third-order valence-corrected chi connectivity index (χ3v) is 4.19. The summed E-state index contributed by atoms with van der Waals surface area (Å²) in [5, 5.41) is 9.53. The first-order chi connectivity index (χ1) is 14.1. The Morgan fingerprint density at radius 1 is 0.966 bits per heavy atom. The molecule has 0 saturated heterocycles. The molecule has 152 valence electrons. The number of H-pyrrole nitrogens is 1. The molecule has 0 aliphatic rings. The average Bonchev–Trinajstić information content (AvgIpc) is 3.21. The van der Waals surface area contributed by atoms with E-state index >= 15 is 0 Å². The summed E-state index contributed by atoms with van der Waals surface area (Å²) in [5.74, 6) is 2.62. The Hall–Kier alpha value is -3.75. The molecule has 0 unspecified atom stereocenters. The van der Waals surface area contributed by atoms with Gasteiger partial charge in [0.05, 0.1) is 34.9 Å². The van der Waals surface area contributed by atoms with Crippen LogP contribution in [-0.2, 0) is 11.2 Å². The number of ether oxygens (including phenoxy) is 4. The van der Waals surface area contributed by atoms with E-state index in [0.717, 1.165) is 11.3 Å². The van der Waals surface area contributed by atoms with Gasteiger partial charge in [-0.1, -0.05) is 0 Å². The van der Waals surface area contributed by atoms with E-state index in [4.69, 9.17) is 18.9 Å². The molecular formula is C20H22N4O5. The number of anilines is 1. The monoisotopic (exact) mass is 398 g/mol. The molecule has 0 spiro atoms. The van der Waals surface area contributed by atoms with Crippen molar-refractivity contribution >= 4 is 11.9 Å². The van der Waals surface area contributed by atoms with Crippen molar-refractivity contribution in [2.24, 2.45) is 0 Å². The van der Waals surface area contributed by atoms with Gasteiger partial charge >= 0.3 is 0 Å². The number of amides is 1. The van der Waals surface area contributed by atoms with E-state index in [1.165, 1.54) is 21.3 Å². The van der Waals surface area contributed by atoms with Gasteiger partial charge in [-0.15, -0.1) is 5.10 Å². The molecule has 0 fully saturated rings. The SMILES string of the molecule is COc1ccc(-c2nc(NC(=O)Cc3cc(OC)c(OC)c(OC)c3)n[nH]2)cc1. The van der Waals surface area contributed by atoms with Gasteiger partial charge in [0.25, 0.3) is 0 Å². The molecule has 3 aromatic rings. The Morgan fingerprint density at radius 2 is 1.62 bits per heavy atom. The minimum atomic E-state index is -0.278. The molecular weight excluding hydrogens is 376 g/mol. The van der Waals surface area contributed by atoms with Crippen LogP contribution in [0.3, 0.4) is 0 Å². The van der Waals surface area contributed by atoms with E-state index in [2.05, 4.69) is 20.5 Å². The second-order valence-electron chi connectivity index (χ2n) is 5.99. The highest BCUT2D eigenvalue weighted by Crippen LogP contribution is 2.38. The molecule has 1 heterocycles. The average molecular weight is 398 g/mol. The molecule has 0 saturated carbocycles. The standard InChI is InChI=1S/C20H22N4O5/c1-26-14-7-5-13(6-8-14)19-22-20(24-23-19)21-17(25)11-12-9-15(27-2)18(29-4)16(10-12)28-3/h5-10H,11H2,1-4H3,(H2,21,22,23,24,25). The van der Waals surface area contributed by atoms with Crippen molar-refractivity contribution in [3.8, 4) is 34.4 Å². The maximum absolute atomic E-state index is 12.4. The quantitative estimate of drug-likeness (QED) is 0.601. The van der Waals surface area contributed by atoms with Crippen molar-refractivity contribution in [1.82, 2.24) is 15.2 Å². The first kappa shape index (κ1) is 20.0. The predicted molar refractivity (Wildman–Crippen MR) is 107 cm³/mol. The number of methoxy groups -OCH3 is 4. The van der Waals surface area contributed by atoms with Crippen molar-refractivity contribution in [2.45, 2.75) is 6.42 Å². The normalized spacial score (nSPS) is 10.3. The second kappa shape index (κ2) is 8.96. The maximum Gasteiger partial charge on any atom is 0.249 e. The van der Waals surface area contributed by atoms with Crippen LogP contribution in [0.25, 0.3) is 11.4 Å². The Balaban J connectivity index is 1.70. The maximum atomic E-state index is 12.4. The minimum Gasteiger partial charge on any atom is -0.497 e. The van der Waals surface area contributed by atoms with Gasteiger partial charge in [0, 0.05) is 5.56 Å². The molecule has 0 radical (unpaired) electrons. The topological polar surface area (TPSA) is 108 Å². The molecule has 1 aromatic heterocycles. The Morgan fingerprint density at radius 3 is 2.17 bits per heavy atom. The zero-order valence-corrected chi connectivity index (χ0v) is 16.6. The van der Waals surface area contributed by atoms with Crippen LogP contribution in [0.4, 0.5) is 5.95 Å². The number of nitrogens with zero attached hydrogens (tertiary/aromatic N) is 2. The Bertz CT molecular complexity index is 960. The van der Waals surface area contributed by atoms with Gasteiger partial charge in [0.15, 0.2) is 17.3 Å². The van der Waals surface area contributed by atoms with E-state index < -0.39 is 0 Å². The highest BCUT2D eigenvalue weighted by molar-refractivity contribution is 5.91. The van der Waals surface area contributed by atoms with Crippen LogP contribution in [0.15, 0.2) is 36.4 Å². The zero-order valence-electron chi connectivity index (χ0n) is 16.6. The van der Waals surface area contributed by atoms with Gasteiger partial charge in [-0.2, -0.15) is 4.98 Å². The lowest BCUT2D eigenvalue weighted by molar-refractivity contribution is -0.115. The van der Waals surface area contributed by atoms with Gasteiger partial charge in [0.1, 0.15) is 5.75 Å². The zero-order chi connectivity index (χ0) is 20.8. The molecule has 0 atom stereocenters. The third-order valence-electron chi connectivity index (χ3n) is 4.19. The number of carbonyl (C=O) groups excluding carboxylic acids is 1. The summed E-state index contributed by atoms with van der Waals surface area (Å²) in [6, 6.07) is 10.8. The summed E-state index contributed by atoms with van der Waals surface area (Å²) in [4.78, 5) is 16.7. The first-order valence-electron chi connectivity index (χ1n) is 8.73. The molecule has 0 aliphatic heterocycles. The fourth-order valence-corrected chi connectivity index (χ4v) is 2.79. The summed E-state index contributed by atoms with van der Waals surface area (Å²) in [5.41, 5.74) is 1.52. The van der Waals surface area contributed by atoms with Crippen LogP contribution < -0.4 is 24.3 Å². The number of hydrogen-bond acceptors (Lipinski definition) is 7. The second-order valence-corrected chi connectivity index (χ2v) is 5.99. The van der Waals surface area contributed by atoms with Crippen molar-refractivity contribution in [1.29, 1.82) is 0 Å². The summed E-state index contributed by atoms with van der Waals surface area (Å²) in [6.07, 6.45) is 0.0864. The lowest BCUT2D eigenvalue weighted by Crippen LogP contribution is -2.15. The predicted octanol–water partition coefficient (Wildman–Crippen LogP) is 2.69. The Kier molecular flexibility index (Phi) is 6.18. The highest BCUT2D eigenvalue weighted by atomic mass is 16.5. The molecule has 1 amide bonds. The van der Waals surface area contributed by atoms with Gasteiger partial charge in [-0.25, -0.2) is 0 Å². The number of aromatic nitrogens is 3. The molecule has 3 rings (SSSR count). The van der Waals surface area contributed by atoms with Crippen LogP contribution in [-0.4, -0.2) is 49.5 Å². The number of hydrogen-bond donors (Lipinski definition) is 2. The molecule has 9 nitrogen and oxygen atoms in total. The number of carbonyl (C=O) groups is 1. The number of nitrogens with one attached hydrogen (secondary N) is 2. The third kappa shape index (κ3) is 4.57. The Labute approximate surface area is 168 Å². The lowest BCUT2D eigenvalue weighted by Gasteiger charge is -2.13. The first-order valence-corrected chi connectivity index (χ1v) is 8.73. The molecule has 2 N–H and O–H groups in total. The van der Waals surface area contributed by atoms with Crippen molar-refractivity contribution in [3.63, 3.8) is 0 Å². The van der Waals surface area contributed by atoms with Crippen LogP contribution in [0.5, 0.6) is 23.0 Å². The minimum absolute atomic E-state index is 0.0864. The summed E-state index contributed by atoms with van der Waals surface area (Å²) >= 11 is 0. The fourth-order valence-electron chi connectivity index (χ4n) is 2.79. The summed E-state index contributed by atoms with van der Waals surface area (Å²) < 4.78 is 21.1. The number of rotatable bonds is 8. The van der Waals surface area contributed by atoms with Gasteiger partial charge in [-0.3, -0.25) is 15.2 Å². The van der Waals surface area contributed by atoms with Crippen molar-refractivity contribution < 1.29 is 23.7 Å². The van der Waals surface area contributed by atoms with Crippen LogP contribution in [0, 0.1) is 0 Å². The molecule has 0 bridgehead atoms. The summed E-state index contributed by atoms with van der Waals surface area (Å²) in [7, 11) is 6.17. The van der Waals surface area contributed by atoms with E-state index in [1.54, 1.807) is 19.2 Å². The smallest absolute Gasteiger partial charge is 0.249 e. The van der Waals surface area contributed by atoms with Crippen molar-refractivity contribution in [2.75, 3.05) is 33.8 Å².